The van der Waals surface area contributed by atoms with Crippen LogP contribution >= 0.6 is 0 Å². The molecule has 2 nitrogen and oxygen atoms in total. The molecule has 0 aromatic rings. The number of allylic oxidation sites excluding steroid dienone is 2. The summed E-state index contributed by atoms with van der Waals surface area (Å²) in [4.78, 5) is 0. The fourth-order valence-corrected chi connectivity index (χ4v) is 1.62. The minimum absolute atomic E-state index is 0.505. The van der Waals surface area contributed by atoms with Crippen molar-refractivity contribution in [2.45, 2.75) is 26.7 Å². The molecule has 1 rings (SSSR count). The van der Waals surface area contributed by atoms with Gasteiger partial charge in [-0.25, -0.2) is 0 Å². The van der Waals surface area contributed by atoms with Crippen molar-refractivity contribution >= 4 is 0 Å². The fraction of sp³-hybridized carbons (Fsp3) is 0.750. The molecule has 0 saturated heterocycles. The van der Waals surface area contributed by atoms with E-state index in [4.69, 9.17) is 11.5 Å². The standard InChI is InChI=1S/C8H16N2/c1-3-6-4-7(9)8(10)5(6)2/h5-6H,3-4,9-10H2,1-2H3. The highest BCUT2D eigenvalue weighted by Crippen LogP contribution is 2.33. The van der Waals surface area contributed by atoms with E-state index >= 15 is 0 Å². The zero-order valence-electron chi connectivity index (χ0n) is 6.72. The molecule has 0 aromatic heterocycles. The van der Waals surface area contributed by atoms with Crippen LogP contribution in [0, 0.1) is 11.8 Å². The van der Waals surface area contributed by atoms with Crippen molar-refractivity contribution in [2.24, 2.45) is 23.3 Å². The molecule has 0 radical (unpaired) electrons. The third-order valence-electron chi connectivity index (χ3n) is 2.57. The summed E-state index contributed by atoms with van der Waals surface area (Å²) in [7, 11) is 0. The van der Waals surface area contributed by atoms with Gasteiger partial charge in [0.1, 0.15) is 0 Å². The van der Waals surface area contributed by atoms with Gasteiger partial charge in [0.05, 0.1) is 0 Å². The molecular formula is C8H16N2. The molecule has 0 heterocycles. The monoisotopic (exact) mass is 140 g/mol. The summed E-state index contributed by atoms with van der Waals surface area (Å²) < 4.78 is 0. The highest BCUT2D eigenvalue weighted by atomic mass is 14.7. The van der Waals surface area contributed by atoms with Crippen LogP contribution in [0.1, 0.15) is 26.7 Å². The Hall–Kier alpha value is -0.660. The Kier molecular flexibility index (Phi) is 1.88. The normalized spacial score (nSPS) is 33.4. The second-order valence-electron chi connectivity index (χ2n) is 3.14. The molecule has 2 atom stereocenters. The van der Waals surface area contributed by atoms with E-state index in [1.807, 2.05) is 0 Å². The second-order valence-corrected chi connectivity index (χ2v) is 3.14. The summed E-state index contributed by atoms with van der Waals surface area (Å²) in [5, 5.41) is 0. The maximum Gasteiger partial charge on any atom is 0.0303 e. The zero-order valence-corrected chi connectivity index (χ0v) is 6.72. The molecule has 0 spiro atoms. The highest BCUT2D eigenvalue weighted by molar-refractivity contribution is 5.18. The van der Waals surface area contributed by atoms with E-state index in [0.717, 1.165) is 17.8 Å². The first-order chi connectivity index (χ1) is 4.66. The van der Waals surface area contributed by atoms with Gasteiger partial charge in [-0.05, 0) is 12.3 Å². The lowest BCUT2D eigenvalue weighted by atomic mass is 9.94. The molecule has 0 aliphatic heterocycles. The van der Waals surface area contributed by atoms with Crippen LogP contribution in [-0.4, -0.2) is 0 Å². The lowest BCUT2D eigenvalue weighted by Gasteiger charge is -2.12. The minimum atomic E-state index is 0.505. The summed E-state index contributed by atoms with van der Waals surface area (Å²) in [6, 6.07) is 0. The SMILES string of the molecule is CCC1CC(N)=C(N)C1C. The van der Waals surface area contributed by atoms with E-state index in [0.29, 0.717) is 11.8 Å². The molecule has 2 heteroatoms. The molecule has 0 bridgehead atoms. The van der Waals surface area contributed by atoms with Gasteiger partial charge in [0, 0.05) is 17.3 Å². The van der Waals surface area contributed by atoms with Crippen LogP contribution in [0.2, 0.25) is 0 Å². The van der Waals surface area contributed by atoms with Crippen LogP contribution in [-0.2, 0) is 0 Å². The Morgan fingerprint density at radius 1 is 1.50 bits per heavy atom. The van der Waals surface area contributed by atoms with E-state index in [9.17, 15) is 0 Å². The summed E-state index contributed by atoms with van der Waals surface area (Å²) in [6.45, 7) is 4.34. The Balaban J connectivity index is 2.67. The van der Waals surface area contributed by atoms with E-state index in [1.54, 1.807) is 0 Å². The molecule has 0 saturated carbocycles. The van der Waals surface area contributed by atoms with E-state index < -0.39 is 0 Å². The van der Waals surface area contributed by atoms with Gasteiger partial charge in [-0.1, -0.05) is 20.3 Å². The fourth-order valence-electron chi connectivity index (χ4n) is 1.62. The molecule has 1 aliphatic carbocycles. The molecule has 0 fully saturated rings. The van der Waals surface area contributed by atoms with E-state index in [2.05, 4.69) is 13.8 Å². The summed E-state index contributed by atoms with van der Waals surface area (Å²) in [5.41, 5.74) is 13.3. The molecule has 1 aliphatic rings. The Bertz CT molecular complexity index is 161. The minimum Gasteiger partial charge on any atom is -0.401 e. The van der Waals surface area contributed by atoms with Crippen molar-refractivity contribution < 1.29 is 0 Å². The topological polar surface area (TPSA) is 52.0 Å². The quantitative estimate of drug-likeness (QED) is 0.574. The van der Waals surface area contributed by atoms with Gasteiger partial charge in [-0.15, -0.1) is 0 Å². The van der Waals surface area contributed by atoms with Crippen molar-refractivity contribution in [2.75, 3.05) is 0 Å². The van der Waals surface area contributed by atoms with Crippen molar-refractivity contribution in [1.82, 2.24) is 0 Å². The predicted molar refractivity (Wildman–Crippen MR) is 43.0 cm³/mol. The summed E-state index contributed by atoms with van der Waals surface area (Å²) in [6.07, 6.45) is 2.19. The maximum absolute atomic E-state index is 5.74. The van der Waals surface area contributed by atoms with Crippen molar-refractivity contribution in [3.8, 4) is 0 Å². The smallest absolute Gasteiger partial charge is 0.0303 e. The first kappa shape index (κ1) is 7.45. The maximum atomic E-state index is 5.74. The number of hydrogen-bond acceptors (Lipinski definition) is 2. The number of nitrogens with two attached hydrogens (primary N) is 2. The highest BCUT2D eigenvalue weighted by Gasteiger charge is 2.26. The van der Waals surface area contributed by atoms with Crippen molar-refractivity contribution in [3.05, 3.63) is 11.4 Å². The molecule has 4 N–H and O–H groups in total. The lowest BCUT2D eigenvalue weighted by molar-refractivity contribution is 0.422. The van der Waals surface area contributed by atoms with Gasteiger partial charge >= 0.3 is 0 Å². The van der Waals surface area contributed by atoms with Gasteiger partial charge < -0.3 is 11.5 Å². The van der Waals surface area contributed by atoms with Crippen LogP contribution in [0.15, 0.2) is 11.4 Å². The van der Waals surface area contributed by atoms with Gasteiger partial charge in [-0.2, -0.15) is 0 Å². The molecule has 58 valence electrons. The molecule has 10 heavy (non-hydrogen) atoms. The van der Waals surface area contributed by atoms with Crippen molar-refractivity contribution in [3.63, 3.8) is 0 Å². The van der Waals surface area contributed by atoms with Crippen LogP contribution in [0.4, 0.5) is 0 Å². The van der Waals surface area contributed by atoms with Gasteiger partial charge in [0.15, 0.2) is 0 Å². The molecular weight excluding hydrogens is 124 g/mol. The van der Waals surface area contributed by atoms with Crippen LogP contribution in [0.3, 0.4) is 0 Å². The average molecular weight is 140 g/mol. The van der Waals surface area contributed by atoms with E-state index in [1.165, 1.54) is 6.42 Å². The Labute approximate surface area is 62.3 Å². The first-order valence-corrected chi connectivity index (χ1v) is 3.90. The summed E-state index contributed by atoms with van der Waals surface area (Å²) in [5.74, 6) is 1.20. The van der Waals surface area contributed by atoms with E-state index in [-0.39, 0.29) is 0 Å². The van der Waals surface area contributed by atoms with Gasteiger partial charge in [0.2, 0.25) is 0 Å². The Morgan fingerprint density at radius 2 is 2.10 bits per heavy atom. The third kappa shape index (κ3) is 0.981. The number of hydrogen-bond donors (Lipinski definition) is 2. The van der Waals surface area contributed by atoms with Crippen LogP contribution < -0.4 is 11.5 Å². The second kappa shape index (κ2) is 2.52. The molecule has 2 unspecified atom stereocenters. The van der Waals surface area contributed by atoms with Gasteiger partial charge in [0.25, 0.3) is 0 Å². The molecule has 0 amide bonds. The lowest BCUT2D eigenvalue weighted by Crippen LogP contribution is -2.11. The average Bonchev–Trinajstić information content (AvgIpc) is 2.17. The van der Waals surface area contributed by atoms with Crippen LogP contribution in [0.5, 0.6) is 0 Å². The van der Waals surface area contributed by atoms with Gasteiger partial charge in [-0.3, -0.25) is 0 Å². The first-order valence-electron chi connectivity index (χ1n) is 3.90. The number of rotatable bonds is 1. The predicted octanol–water partition coefficient (Wildman–Crippen LogP) is 1.18. The summed E-state index contributed by atoms with van der Waals surface area (Å²) >= 11 is 0. The Morgan fingerprint density at radius 3 is 2.30 bits per heavy atom. The zero-order chi connectivity index (χ0) is 7.72. The molecule has 0 aromatic carbocycles. The van der Waals surface area contributed by atoms with Crippen molar-refractivity contribution in [1.29, 1.82) is 0 Å². The van der Waals surface area contributed by atoms with Crippen LogP contribution in [0.25, 0.3) is 0 Å². The third-order valence-corrected chi connectivity index (χ3v) is 2.57. The largest absolute Gasteiger partial charge is 0.401 e.